The van der Waals surface area contributed by atoms with Gasteiger partial charge < -0.3 is 20.4 Å². The molecule has 33 heavy (non-hydrogen) atoms. The Kier molecular flexibility index (Phi) is 7.42. The largest absolute Gasteiger partial charge is 0.490 e. The van der Waals surface area contributed by atoms with Crippen molar-refractivity contribution in [3.8, 4) is 5.75 Å². The van der Waals surface area contributed by atoms with Gasteiger partial charge in [0.05, 0.1) is 5.55 Å². The number of hydrogen-bond acceptors (Lipinski definition) is 6. The first-order valence-electron chi connectivity index (χ1n) is 11.0. The highest BCUT2D eigenvalue weighted by Gasteiger charge is 2.18. The lowest BCUT2D eigenvalue weighted by Crippen LogP contribution is -2.35. The first-order valence-corrected chi connectivity index (χ1v) is 11.9. The highest BCUT2D eigenvalue weighted by molar-refractivity contribution is 8.19. The molecular weight excluding hydrogens is 432 g/mol. The number of amides is 1. The molecule has 1 aromatic heterocycles. The molecule has 1 saturated heterocycles. The first-order chi connectivity index (χ1) is 16.1. The van der Waals surface area contributed by atoms with Gasteiger partial charge in [-0.3, -0.25) is 4.79 Å². The standard InChI is InChI=1S/C26H28N4O2S/c1-3-24(33-17-27)19-4-5-20-16-28-25(15-21(20)14-19)29-26(31)18-6-8-22(9-7-18)32-23-10-12-30(2)13-11-23/h3-9,14-17,23,27H,10-13H2,1-2H3,(H,28,29,31)/b24-3-,27-17?. The fourth-order valence-electron chi connectivity index (χ4n) is 3.90. The van der Waals surface area contributed by atoms with Crippen LogP contribution in [0.2, 0.25) is 0 Å². The van der Waals surface area contributed by atoms with Crippen LogP contribution in [0.4, 0.5) is 5.82 Å². The second-order valence-corrected chi connectivity index (χ2v) is 9.03. The van der Waals surface area contributed by atoms with Crippen LogP contribution in [-0.4, -0.2) is 47.6 Å². The van der Waals surface area contributed by atoms with E-state index in [1.54, 1.807) is 18.3 Å². The molecular formula is C26H28N4O2S. The number of fused-ring (bicyclic) bond motifs is 1. The molecule has 2 N–H and O–H groups in total. The molecule has 1 amide bonds. The van der Waals surface area contributed by atoms with Crippen LogP contribution in [0, 0.1) is 5.41 Å². The van der Waals surface area contributed by atoms with E-state index in [4.69, 9.17) is 10.1 Å². The van der Waals surface area contributed by atoms with Crippen molar-refractivity contribution in [3.63, 3.8) is 0 Å². The van der Waals surface area contributed by atoms with Crippen molar-refractivity contribution in [1.29, 1.82) is 5.41 Å². The molecule has 4 rings (SSSR count). The Morgan fingerprint density at radius 1 is 1.12 bits per heavy atom. The first kappa shape index (κ1) is 23.0. The van der Waals surface area contributed by atoms with Crippen LogP contribution in [0.15, 0.2) is 60.8 Å². The lowest BCUT2D eigenvalue weighted by molar-refractivity contribution is 0.102. The van der Waals surface area contributed by atoms with Crippen molar-refractivity contribution >= 4 is 44.7 Å². The zero-order chi connectivity index (χ0) is 23.2. The molecule has 2 aromatic carbocycles. The Balaban J connectivity index is 1.44. The summed E-state index contributed by atoms with van der Waals surface area (Å²) in [4.78, 5) is 20.5. The number of rotatable bonds is 7. The number of carbonyl (C=O) groups is 1. The SMILES string of the molecule is C/C=C(\SC=N)c1ccc2cnc(NC(=O)c3ccc(OC4CCN(C)CC4)cc3)cc2c1. The molecule has 0 atom stereocenters. The Bertz CT molecular complexity index is 1170. The Hall–Kier alpha value is -3.16. The van der Waals surface area contributed by atoms with Crippen LogP contribution in [-0.2, 0) is 0 Å². The summed E-state index contributed by atoms with van der Waals surface area (Å²) in [6.07, 6.45) is 6.01. The maximum atomic E-state index is 12.8. The number of aromatic nitrogens is 1. The highest BCUT2D eigenvalue weighted by Crippen LogP contribution is 2.29. The predicted molar refractivity (Wildman–Crippen MR) is 137 cm³/mol. The second kappa shape index (κ2) is 10.6. The number of thioether (sulfide) groups is 1. The smallest absolute Gasteiger partial charge is 0.256 e. The molecule has 0 unspecified atom stereocenters. The van der Waals surface area contributed by atoms with Gasteiger partial charge in [-0.25, -0.2) is 4.98 Å². The average Bonchev–Trinajstić information content (AvgIpc) is 2.84. The number of nitrogens with one attached hydrogen (secondary N) is 2. The van der Waals surface area contributed by atoms with Crippen molar-refractivity contribution in [2.75, 3.05) is 25.5 Å². The molecule has 0 bridgehead atoms. The van der Waals surface area contributed by atoms with E-state index in [0.717, 1.165) is 52.9 Å². The van der Waals surface area contributed by atoms with Gasteiger partial charge in [0.25, 0.3) is 5.91 Å². The lowest BCUT2D eigenvalue weighted by atomic mass is 10.1. The van der Waals surface area contributed by atoms with Crippen molar-refractivity contribution in [3.05, 3.63) is 71.9 Å². The molecule has 0 saturated carbocycles. The lowest BCUT2D eigenvalue weighted by Gasteiger charge is -2.29. The number of anilines is 1. The van der Waals surface area contributed by atoms with Crippen LogP contribution >= 0.6 is 11.8 Å². The molecule has 7 heteroatoms. The number of allylic oxidation sites excluding steroid dienone is 1. The van der Waals surface area contributed by atoms with E-state index in [2.05, 4.69) is 22.2 Å². The van der Waals surface area contributed by atoms with Gasteiger partial charge >= 0.3 is 0 Å². The number of benzene rings is 2. The number of carbonyl (C=O) groups excluding carboxylic acids is 1. The van der Waals surface area contributed by atoms with E-state index in [1.807, 2.05) is 49.4 Å². The minimum atomic E-state index is -0.211. The molecule has 1 aliphatic heterocycles. The summed E-state index contributed by atoms with van der Waals surface area (Å²) < 4.78 is 6.07. The van der Waals surface area contributed by atoms with Gasteiger partial charge in [-0.05, 0) is 74.2 Å². The fourth-order valence-corrected chi connectivity index (χ4v) is 4.42. The van der Waals surface area contributed by atoms with Gasteiger partial charge in [-0.2, -0.15) is 0 Å². The quantitative estimate of drug-likeness (QED) is 0.351. The molecule has 1 aliphatic rings. The van der Waals surface area contributed by atoms with E-state index in [9.17, 15) is 4.79 Å². The molecule has 2 heterocycles. The van der Waals surface area contributed by atoms with Crippen LogP contribution in [0.1, 0.15) is 35.7 Å². The molecule has 0 aliphatic carbocycles. The van der Waals surface area contributed by atoms with Crippen LogP contribution in [0.25, 0.3) is 15.7 Å². The summed E-state index contributed by atoms with van der Waals surface area (Å²) in [6.45, 7) is 4.05. The summed E-state index contributed by atoms with van der Waals surface area (Å²) in [6, 6.07) is 15.2. The third kappa shape index (κ3) is 5.80. The van der Waals surface area contributed by atoms with Crippen LogP contribution in [0.5, 0.6) is 5.75 Å². The number of likely N-dealkylation sites (tertiary alicyclic amines) is 1. The van der Waals surface area contributed by atoms with Gasteiger partial charge in [-0.15, -0.1) is 0 Å². The third-order valence-corrected chi connectivity index (χ3v) is 6.62. The van der Waals surface area contributed by atoms with Crippen molar-refractivity contribution < 1.29 is 9.53 Å². The van der Waals surface area contributed by atoms with E-state index >= 15 is 0 Å². The number of ether oxygens (including phenoxy) is 1. The number of nitrogens with zero attached hydrogens (tertiary/aromatic N) is 2. The fraction of sp³-hybridized carbons (Fsp3) is 0.269. The van der Waals surface area contributed by atoms with Gasteiger partial charge in [0, 0.05) is 35.1 Å². The van der Waals surface area contributed by atoms with E-state index in [-0.39, 0.29) is 12.0 Å². The molecule has 3 aromatic rings. The molecule has 0 spiro atoms. The molecule has 1 fully saturated rings. The van der Waals surface area contributed by atoms with Gasteiger partial charge in [0.2, 0.25) is 0 Å². The van der Waals surface area contributed by atoms with E-state index in [1.165, 1.54) is 17.3 Å². The number of piperidine rings is 1. The Morgan fingerprint density at radius 2 is 1.85 bits per heavy atom. The maximum absolute atomic E-state index is 12.8. The predicted octanol–water partition coefficient (Wildman–Crippen LogP) is 5.66. The topological polar surface area (TPSA) is 78.3 Å². The molecule has 170 valence electrons. The van der Waals surface area contributed by atoms with E-state index in [0.29, 0.717) is 11.4 Å². The van der Waals surface area contributed by atoms with Gasteiger partial charge in [0.1, 0.15) is 17.7 Å². The molecule has 0 radical (unpaired) electrons. The zero-order valence-electron chi connectivity index (χ0n) is 18.9. The summed E-state index contributed by atoms with van der Waals surface area (Å²) >= 11 is 1.37. The monoisotopic (exact) mass is 460 g/mol. The number of pyridine rings is 1. The van der Waals surface area contributed by atoms with Crippen molar-refractivity contribution in [1.82, 2.24) is 9.88 Å². The van der Waals surface area contributed by atoms with Crippen molar-refractivity contribution in [2.45, 2.75) is 25.9 Å². The summed E-state index contributed by atoms with van der Waals surface area (Å²) in [7, 11) is 2.13. The van der Waals surface area contributed by atoms with Crippen LogP contribution in [0.3, 0.4) is 0 Å². The zero-order valence-corrected chi connectivity index (χ0v) is 19.7. The van der Waals surface area contributed by atoms with Gasteiger partial charge in [-0.1, -0.05) is 30.0 Å². The minimum absolute atomic E-state index is 0.211. The van der Waals surface area contributed by atoms with Crippen LogP contribution < -0.4 is 10.1 Å². The number of hydrogen-bond donors (Lipinski definition) is 2. The van der Waals surface area contributed by atoms with Gasteiger partial charge in [0.15, 0.2) is 0 Å². The Morgan fingerprint density at radius 3 is 2.55 bits per heavy atom. The maximum Gasteiger partial charge on any atom is 0.256 e. The normalized spacial score (nSPS) is 15.4. The highest BCUT2D eigenvalue weighted by atomic mass is 32.2. The minimum Gasteiger partial charge on any atom is -0.490 e. The Labute approximate surface area is 198 Å². The van der Waals surface area contributed by atoms with E-state index < -0.39 is 0 Å². The molecule has 6 nitrogen and oxygen atoms in total. The van der Waals surface area contributed by atoms with Crippen molar-refractivity contribution in [2.24, 2.45) is 0 Å². The summed E-state index contributed by atoms with van der Waals surface area (Å²) in [5, 5.41) is 12.2. The summed E-state index contributed by atoms with van der Waals surface area (Å²) in [5.74, 6) is 1.08. The third-order valence-electron chi connectivity index (χ3n) is 5.78. The summed E-state index contributed by atoms with van der Waals surface area (Å²) in [5.41, 5.74) is 2.91. The second-order valence-electron chi connectivity index (χ2n) is 8.12. The average molecular weight is 461 g/mol.